The lowest BCUT2D eigenvalue weighted by Gasteiger charge is -2.11. The summed E-state index contributed by atoms with van der Waals surface area (Å²) in [4.78, 5) is 12.4. The number of halogens is 2. The summed E-state index contributed by atoms with van der Waals surface area (Å²) in [6.07, 6.45) is 3.17. The molecule has 150 valence electrons. The molecular formula is C24H17Cl2NO3. The van der Waals surface area contributed by atoms with Crippen molar-refractivity contribution in [1.29, 1.82) is 5.26 Å². The third-order valence-corrected chi connectivity index (χ3v) is 4.85. The number of methoxy groups -OCH3 is 1. The third kappa shape index (κ3) is 5.42. The van der Waals surface area contributed by atoms with E-state index in [1.165, 1.54) is 12.1 Å². The number of carbonyl (C=O) groups is 1. The van der Waals surface area contributed by atoms with Crippen molar-refractivity contribution >= 4 is 35.1 Å². The van der Waals surface area contributed by atoms with Crippen LogP contribution in [-0.2, 0) is 6.61 Å². The Morgan fingerprint density at radius 1 is 1.07 bits per heavy atom. The summed E-state index contributed by atoms with van der Waals surface area (Å²) in [5, 5.41) is 9.66. The van der Waals surface area contributed by atoms with Gasteiger partial charge >= 0.3 is 0 Å². The summed E-state index contributed by atoms with van der Waals surface area (Å²) in [7, 11) is 1.59. The number of carbonyl (C=O) groups excluding carboxylic acids is 1. The van der Waals surface area contributed by atoms with Crippen LogP contribution in [-0.4, -0.2) is 12.9 Å². The fourth-order valence-corrected chi connectivity index (χ4v) is 3.25. The van der Waals surface area contributed by atoms with Gasteiger partial charge in [0.05, 0.1) is 23.8 Å². The van der Waals surface area contributed by atoms with E-state index in [9.17, 15) is 4.79 Å². The molecule has 0 fully saturated rings. The van der Waals surface area contributed by atoms with Crippen LogP contribution < -0.4 is 9.47 Å². The van der Waals surface area contributed by atoms with Crippen LogP contribution in [0.25, 0.3) is 6.08 Å². The molecule has 0 N–H and O–H groups in total. The van der Waals surface area contributed by atoms with E-state index >= 15 is 0 Å². The van der Waals surface area contributed by atoms with Gasteiger partial charge in [0, 0.05) is 16.1 Å². The highest BCUT2D eigenvalue weighted by molar-refractivity contribution is 6.37. The van der Waals surface area contributed by atoms with Crippen molar-refractivity contribution in [2.75, 3.05) is 7.11 Å². The topological polar surface area (TPSA) is 59.3 Å². The van der Waals surface area contributed by atoms with Crippen molar-refractivity contribution in [2.24, 2.45) is 0 Å². The third-order valence-electron chi connectivity index (χ3n) is 4.31. The van der Waals surface area contributed by atoms with Crippen molar-refractivity contribution in [2.45, 2.75) is 6.61 Å². The van der Waals surface area contributed by atoms with Crippen molar-refractivity contribution in [3.8, 4) is 17.6 Å². The number of ketones is 1. The van der Waals surface area contributed by atoms with Gasteiger partial charge in [0.2, 0.25) is 0 Å². The smallest absolute Gasteiger partial charge is 0.187 e. The monoisotopic (exact) mass is 437 g/mol. The zero-order valence-corrected chi connectivity index (χ0v) is 17.6. The van der Waals surface area contributed by atoms with E-state index in [4.69, 9.17) is 37.9 Å². The van der Waals surface area contributed by atoms with E-state index in [1.54, 1.807) is 49.6 Å². The summed E-state index contributed by atoms with van der Waals surface area (Å²) in [5.41, 5.74) is 2.58. The number of nitrogens with zero attached hydrogens (tertiary/aromatic N) is 1. The number of hydrogen-bond donors (Lipinski definition) is 0. The van der Waals surface area contributed by atoms with Crippen LogP contribution in [0.1, 0.15) is 27.0 Å². The maximum atomic E-state index is 12.4. The van der Waals surface area contributed by atoms with E-state index < -0.39 is 0 Å². The van der Waals surface area contributed by atoms with E-state index in [1.807, 2.05) is 18.2 Å². The summed E-state index contributed by atoms with van der Waals surface area (Å²) in [5.74, 6) is 1.10. The van der Waals surface area contributed by atoms with Crippen LogP contribution in [0.3, 0.4) is 0 Å². The molecule has 0 saturated carbocycles. The molecule has 4 nitrogen and oxygen atoms in total. The Kier molecular flexibility index (Phi) is 7.13. The van der Waals surface area contributed by atoms with E-state index in [-0.39, 0.29) is 12.4 Å². The van der Waals surface area contributed by atoms with Gasteiger partial charge in [-0.1, -0.05) is 35.3 Å². The Balaban J connectivity index is 1.75. The van der Waals surface area contributed by atoms with Gasteiger partial charge in [0.15, 0.2) is 5.78 Å². The molecule has 3 aromatic rings. The number of ether oxygens (including phenoxy) is 2. The molecule has 3 aromatic carbocycles. The molecule has 0 aliphatic heterocycles. The van der Waals surface area contributed by atoms with E-state index in [0.29, 0.717) is 32.7 Å². The second-order valence-electron chi connectivity index (χ2n) is 6.32. The van der Waals surface area contributed by atoms with Crippen molar-refractivity contribution in [3.05, 3.63) is 99.0 Å². The average molecular weight is 438 g/mol. The molecule has 30 heavy (non-hydrogen) atoms. The average Bonchev–Trinajstić information content (AvgIpc) is 2.76. The van der Waals surface area contributed by atoms with Gasteiger partial charge in [-0.3, -0.25) is 4.79 Å². The molecule has 0 aromatic heterocycles. The normalized spacial score (nSPS) is 10.6. The minimum absolute atomic E-state index is 0.220. The van der Waals surface area contributed by atoms with Crippen LogP contribution in [0.5, 0.6) is 11.5 Å². The van der Waals surface area contributed by atoms with Crippen molar-refractivity contribution < 1.29 is 14.3 Å². The first-order valence-corrected chi connectivity index (χ1v) is 9.73. The second kappa shape index (κ2) is 9.98. The SMILES string of the molecule is COc1ccc(/C=C/C(=O)c2ccc(Cl)cc2Cl)cc1COc1ccc(C#N)cc1. The minimum atomic E-state index is -0.220. The molecule has 0 spiro atoms. The Hall–Kier alpha value is -3.26. The van der Waals surface area contributed by atoms with Crippen molar-refractivity contribution in [1.82, 2.24) is 0 Å². The predicted molar refractivity (Wildman–Crippen MR) is 118 cm³/mol. The summed E-state index contributed by atoms with van der Waals surface area (Å²) in [6, 6.07) is 19.2. The molecule has 0 unspecified atom stereocenters. The molecule has 0 amide bonds. The molecule has 0 aliphatic carbocycles. The van der Waals surface area contributed by atoms with Crippen molar-refractivity contribution in [3.63, 3.8) is 0 Å². The summed E-state index contributed by atoms with van der Waals surface area (Å²) < 4.78 is 11.2. The number of allylic oxidation sites excluding steroid dienone is 1. The Morgan fingerprint density at radius 3 is 2.50 bits per heavy atom. The second-order valence-corrected chi connectivity index (χ2v) is 7.16. The van der Waals surface area contributed by atoms with E-state index in [0.717, 1.165) is 11.1 Å². The molecule has 0 atom stereocenters. The van der Waals surface area contributed by atoms with Crippen LogP contribution in [0.4, 0.5) is 0 Å². The molecule has 0 heterocycles. The largest absolute Gasteiger partial charge is 0.496 e. The number of benzene rings is 3. The molecule has 6 heteroatoms. The number of hydrogen-bond acceptors (Lipinski definition) is 4. The molecule has 0 bridgehead atoms. The standard InChI is InChI=1S/C24H17Cl2NO3/c1-29-24-11-5-16(4-10-23(28)21-9-6-19(25)13-22(21)26)12-18(24)15-30-20-7-2-17(14-27)3-8-20/h2-13H,15H2,1H3/b10-4+. The van der Waals surface area contributed by atoms with Crippen LogP contribution in [0.2, 0.25) is 10.0 Å². The first-order valence-electron chi connectivity index (χ1n) is 8.97. The highest BCUT2D eigenvalue weighted by Crippen LogP contribution is 2.24. The molecular weight excluding hydrogens is 421 g/mol. The molecule has 3 rings (SSSR count). The van der Waals surface area contributed by atoms with Gasteiger partial charge in [-0.25, -0.2) is 0 Å². The van der Waals surface area contributed by atoms with Gasteiger partial charge in [-0.15, -0.1) is 0 Å². The van der Waals surface area contributed by atoms with E-state index in [2.05, 4.69) is 6.07 Å². The highest BCUT2D eigenvalue weighted by atomic mass is 35.5. The summed E-state index contributed by atoms with van der Waals surface area (Å²) >= 11 is 12.0. The first kappa shape index (κ1) is 21.4. The molecule has 0 radical (unpaired) electrons. The van der Waals surface area contributed by atoms with Crippen LogP contribution in [0, 0.1) is 11.3 Å². The first-order chi connectivity index (χ1) is 14.5. The van der Waals surface area contributed by atoms with Crippen LogP contribution in [0.15, 0.2) is 66.7 Å². The fraction of sp³-hybridized carbons (Fsp3) is 0.0833. The predicted octanol–water partition coefficient (Wildman–Crippen LogP) is 6.35. The molecule has 0 aliphatic rings. The quantitative estimate of drug-likeness (QED) is 0.319. The van der Waals surface area contributed by atoms with Gasteiger partial charge in [-0.2, -0.15) is 5.26 Å². The Bertz CT molecular complexity index is 1130. The molecule has 0 saturated heterocycles. The Morgan fingerprint density at radius 2 is 1.83 bits per heavy atom. The van der Waals surface area contributed by atoms with Gasteiger partial charge in [0.25, 0.3) is 0 Å². The number of nitriles is 1. The Labute approximate surface area is 184 Å². The number of rotatable bonds is 7. The maximum Gasteiger partial charge on any atom is 0.187 e. The zero-order chi connectivity index (χ0) is 21.5. The fourth-order valence-electron chi connectivity index (χ4n) is 2.75. The van der Waals surface area contributed by atoms with Gasteiger partial charge in [-0.05, 0) is 66.2 Å². The minimum Gasteiger partial charge on any atom is -0.496 e. The highest BCUT2D eigenvalue weighted by Gasteiger charge is 2.09. The lowest BCUT2D eigenvalue weighted by molar-refractivity contribution is 0.104. The van der Waals surface area contributed by atoms with Gasteiger partial charge in [0.1, 0.15) is 18.1 Å². The lowest BCUT2D eigenvalue weighted by Crippen LogP contribution is -1.99. The lowest BCUT2D eigenvalue weighted by atomic mass is 10.1. The maximum absolute atomic E-state index is 12.4. The summed E-state index contributed by atoms with van der Waals surface area (Å²) in [6.45, 7) is 0.272. The van der Waals surface area contributed by atoms with Gasteiger partial charge < -0.3 is 9.47 Å². The zero-order valence-electron chi connectivity index (χ0n) is 16.1. The van der Waals surface area contributed by atoms with Crippen LogP contribution >= 0.6 is 23.2 Å².